The highest BCUT2D eigenvalue weighted by Crippen LogP contribution is 2.44. The smallest absolute Gasteiger partial charge is 0.283 e. The van der Waals surface area contributed by atoms with Crippen LogP contribution in [0.5, 0.6) is 0 Å². The fourth-order valence-electron chi connectivity index (χ4n) is 1.85. The van der Waals surface area contributed by atoms with Gasteiger partial charge in [-0.2, -0.15) is 0 Å². The van der Waals surface area contributed by atoms with E-state index < -0.39 is 4.92 Å². The Kier molecular flexibility index (Phi) is 3.99. The summed E-state index contributed by atoms with van der Waals surface area (Å²) in [6.45, 7) is 1.55. The van der Waals surface area contributed by atoms with Crippen LogP contribution in [0.15, 0.2) is 22.7 Å². The van der Waals surface area contributed by atoms with E-state index in [1.165, 1.54) is 0 Å². The first-order valence-electron chi connectivity index (χ1n) is 5.81. The number of aliphatic hydroxyl groups is 1. The number of nitrogens with zero attached hydrogens (tertiary/aromatic N) is 1. The lowest BCUT2D eigenvalue weighted by molar-refractivity contribution is -0.385. The normalized spacial score (nSPS) is 16.6. The monoisotopic (exact) mass is 314 g/mol. The number of nitro groups is 1. The van der Waals surface area contributed by atoms with Crippen molar-refractivity contribution in [2.75, 3.05) is 13.2 Å². The minimum atomic E-state index is -0.399. The summed E-state index contributed by atoms with van der Waals surface area (Å²) in [4.78, 5) is 10.4. The van der Waals surface area contributed by atoms with Crippen LogP contribution < -0.4 is 5.32 Å². The van der Waals surface area contributed by atoms with Crippen LogP contribution in [-0.4, -0.2) is 23.2 Å². The van der Waals surface area contributed by atoms with Crippen molar-refractivity contribution in [3.8, 4) is 0 Å². The molecule has 0 radical (unpaired) electrons. The minimum absolute atomic E-state index is 0.0568. The molecule has 0 spiro atoms. The van der Waals surface area contributed by atoms with E-state index in [1.54, 1.807) is 12.1 Å². The number of hydrogen-bond acceptors (Lipinski definition) is 4. The Bertz CT molecular complexity index is 461. The van der Waals surface area contributed by atoms with Crippen LogP contribution in [0.2, 0.25) is 0 Å². The molecule has 0 amide bonds. The van der Waals surface area contributed by atoms with Gasteiger partial charge in [0.25, 0.3) is 5.69 Å². The zero-order valence-electron chi connectivity index (χ0n) is 9.86. The van der Waals surface area contributed by atoms with Crippen molar-refractivity contribution in [3.05, 3.63) is 38.3 Å². The molecule has 6 heteroatoms. The summed E-state index contributed by atoms with van der Waals surface area (Å²) >= 11 is 3.16. The van der Waals surface area contributed by atoms with E-state index in [-0.39, 0.29) is 17.7 Å². The first-order chi connectivity index (χ1) is 8.56. The van der Waals surface area contributed by atoms with E-state index in [2.05, 4.69) is 21.2 Å². The van der Waals surface area contributed by atoms with E-state index in [9.17, 15) is 15.2 Å². The maximum Gasteiger partial charge on any atom is 0.283 e. The topological polar surface area (TPSA) is 75.4 Å². The molecular weight excluding hydrogens is 300 g/mol. The lowest BCUT2D eigenvalue weighted by atomic mass is 10.1. The predicted molar refractivity (Wildman–Crippen MR) is 71.3 cm³/mol. The summed E-state index contributed by atoms with van der Waals surface area (Å²) in [7, 11) is 0. The molecule has 0 heterocycles. The molecule has 0 aliphatic heterocycles. The van der Waals surface area contributed by atoms with E-state index in [4.69, 9.17) is 0 Å². The van der Waals surface area contributed by atoms with Crippen molar-refractivity contribution < 1.29 is 10.0 Å². The second-order valence-electron chi connectivity index (χ2n) is 4.80. The largest absolute Gasteiger partial charge is 0.396 e. The van der Waals surface area contributed by atoms with E-state index in [1.807, 2.05) is 6.07 Å². The molecule has 1 aliphatic rings. The molecule has 18 heavy (non-hydrogen) atoms. The minimum Gasteiger partial charge on any atom is -0.396 e. The third-order valence-electron chi connectivity index (χ3n) is 3.33. The summed E-state index contributed by atoms with van der Waals surface area (Å²) in [5.74, 6) is 0. The molecule has 0 unspecified atom stereocenters. The molecular formula is C12H15BrN2O3. The Morgan fingerprint density at radius 1 is 1.50 bits per heavy atom. The highest BCUT2D eigenvalue weighted by Gasteiger charge is 2.41. The molecule has 1 saturated carbocycles. The van der Waals surface area contributed by atoms with Crippen LogP contribution in [0, 0.1) is 15.5 Å². The molecule has 2 N–H and O–H groups in total. The van der Waals surface area contributed by atoms with E-state index >= 15 is 0 Å². The molecule has 1 aromatic rings. The van der Waals surface area contributed by atoms with Gasteiger partial charge >= 0.3 is 0 Å². The fraction of sp³-hybridized carbons (Fsp3) is 0.500. The van der Waals surface area contributed by atoms with Crippen molar-refractivity contribution in [1.29, 1.82) is 0 Å². The van der Waals surface area contributed by atoms with Gasteiger partial charge in [-0.15, -0.1) is 0 Å². The quantitative estimate of drug-likeness (QED) is 0.623. The van der Waals surface area contributed by atoms with Crippen molar-refractivity contribution in [2.24, 2.45) is 5.41 Å². The number of rotatable bonds is 6. The number of hydrogen-bond donors (Lipinski definition) is 2. The van der Waals surface area contributed by atoms with Gasteiger partial charge in [-0.05, 0) is 40.4 Å². The van der Waals surface area contributed by atoms with Crippen LogP contribution >= 0.6 is 15.9 Å². The van der Waals surface area contributed by atoms with Gasteiger partial charge < -0.3 is 10.4 Å². The van der Waals surface area contributed by atoms with Gasteiger partial charge in [-0.1, -0.05) is 6.07 Å². The summed E-state index contributed by atoms with van der Waals surface area (Å²) in [6, 6.07) is 5.10. The summed E-state index contributed by atoms with van der Waals surface area (Å²) < 4.78 is 0.491. The molecule has 1 fully saturated rings. The third-order valence-corrected chi connectivity index (χ3v) is 4.00. The van der Waals surface area contributed by atoms with Gasteiger partial charge in [0.05, 0.1) is 9.40 Å². The van der Waals surface area contributed by atoms with Crippen molar-refractivity contribution in [3.63, 3.8) is 0 Å². The van der Waals surface area contributed by atoms with Gasteiger partial charge in [0.2, 0.25) is 0 Å². The first-order valence-corrected chi connectivity index (χ1v) is 6.60. The van der Waals surface area contributed by atoms with Crippen LogP contribution in [0.1, 0.15) is 18.4 Å². The van der Waals surface area contributed by atoms with Crippen LogP contribution in [0.4, 0.5) is 5.69 Å². The van der Waals surface area contributed by atoms with Gasteiger partial charge in [-0.25, -0.2) is 0 Å². The maximum absolute atomic E-state index is 10.8. The molecule has 2 rings (SSSR count). The van der Waals surface area contributed by atoms with Crippen molar-refractivity contribution in [2.45, 2.75) is 19.4 Å². The lowest BCUT2D eigenvalue weighted by Gasteiger charge is -2.12. The number of aliphatic hydroxyl groups excluding tert-OH is 1. The van der Waals surface area contributed by atoms with Crippen molar-refractivity contribution >= 4 is 21.6 Å². The molecule has 0 atom stereocenters. The van der Waals surface area contributed by atoms with Crippen LogP contribution in [0.3, 0.4) is 0 Å². The summed E-state index contributed by atoms with van der Waals surface area (Å²) in [6.07, 6.45) is 2.11. The molecule has 1 aliphatic carbocycles. The number of nitro benzene ring substituents is 1. The first kappa shape index (κ1) is 13.5. The zero-order chi connectivity index (χ0) is 13.2. The van der Waals surface area contributed by atoms with E-state index in [0.29, 0.717) is 11.0 Å². The Morgan fingerprint density at radius 2 is 2.22 bits per heavy atom. The molecule has 0 bridgehead atoms. The van der Waals surface area contributed by atoms with E-state index in [0.717, 1.165) is 24.9 Å². The Balaban J connectivity index is 1.93. The van der Waals surface area contributed by atoms with Gasteiger partial charge in [0.15, 0.2) is 0 Å². The van der Waals surface area contributed by atoms with Crippen LogP contribution in [-0.2, 0) is 6.54 Å². The predicted octanol–water partition coefficient (Wildman–Crippen LogP) is 2.22. The highest BCUT2D eigenvalue weighted by atomic mass is 79.9. The number of nitrogens with one attached hydrogen (secondary N) is 1. The van der Waals surface area contributed by atoms with Gasteiger partial charge in [0, 0.05) is 31.2 Å². The summed E-state index contributed by atoms with van der Waals surface area (Å²) in [5, 5.41) is 23.2. The number of benzene rings is 1. The zero-order valence-corrected chi connectivity index (χ0v) is 11.4. The maximum atomic E-state index is 10.8. The summed E-state index contributed by atoms with van der Waals surface area (Å²) in [5.41, 5.74) is 1.01. The molecule has 98 valence electrons. The lowest BCUT2D eigenvalue weighted by Crippen LogP contribution is -2.26. The van der Waals surface area contributed by atoms with Crippen molar-refractivity contribution in [1.82, 2.24) is 5.32 Å². The Hall–Kier alpha value is -0.980. The standard InChI is InChI=1S/C12H15BrN2O3/c13-10-2-1-9(5-11(10)15(17)18)6-14-7-12(8-16)3-4-12/h1-2,5,14,16H,3-4,6-8H2. The average Bonchev–Trinajstić information content (AvgIpc) is 3.11. The Morgan fingerprint density at radius 3 is 2.78 bits per heavy atom. The third kappa shape index (κ3) is 3.07. The molecule has 5 nitrogen and oxygen atoms in total. The van der Waals surface area contributed by atoms with Gasteiger partial charge in [-0.3, -0.25) is 10.1 Å². The molecule has 0 aromatic heterocycles. The van der Waals surface area contributed by atoms with Gasteiger partial charge in [0.1, 0.15) is 0 Å². The SMILES string of the molecule is O=[N+]([O-])c1cc(CNCC2(CO)CC2)ccc1Br. The fourth-order valence-corrected chi connectivity index (χ4v) is 2.24. The number of halogens is 1. The van der Waals surface area contributed by atoms with Crippen LogP contribution in [0.25, 0.3) is 0 Å². The molecule has 0 saturated heterocycles. The second-order valence-corrected chi connectivity index (χ2v) is 5.66. The highest BCUT2D eigenvalue weighted by molar-refractivity contribution is 9.10. The second kappa shape index (κ2) is 5.34. The Labute approximate surface area is 113 Å². The molecule has 1 aromatic carbocycles. The average molecular weight is 315 g/mol.